The standard InChI is InChI=1S/C33H44N10O3/c44-31(41-19-17-40(18-20-41)25-7-12-34-13-8-25)30(22-23-5-6-28-29(21-23)38-39-37-28)36-32(45)42-14-10-26(11-15-42)43-16-9-24-3-1-2-4-27(24)35-33(43)46/h1-6,21,25-26,30,34H,7-20,22H2,(H,35,46)(H,36,45)(H,37,38,39). The Morgan fingerprint density at radius 1 is 0.891 bits per heavy atom. The highest BCUT2D eigenvalue weighted by Crippen LogP contribution is 2.25. The van der Waals surface area contributed by atoms with Gasteiger partial charge in [-0.1, -0.05) is 29.5 Å². The van der Waals surface area contributed by atoms with Crippen molar-refractivity contribution in [2.75, 3.05) is 64.2 Å². The number of piperazine rings is 1. The quantitative estimate of drug-likeness (QED) is 0.327. The van der Waals surface area contributed by atoms with E-state index >= 15 is 0 Å². The molecule has 1 atom stereocenters. The molecule has 7 rings (SSSR count). The zero-order valence-electron chi connectivity index (χ0n) is 26.3. The maximum atomic E-state index is 14.0. The third-order valence-corrected chi connectivity index (χ3v) is 10.2. The van der Waals surface area contributed by atoms with E-state index in [9.17, 15) is 14.4 Å². The van der Waals surface area contributed by atoms with Gasteiger partial charge < -0.3 is 30.7 Å². The van der Waals surface area contributed by atoms with Gasteiger partial charge in [-0.15, -0.1) is 5.10 Å². The Morgan fingerprint density at radius 3 is 2.48 bits per heavy atom. The molecule has 5 heterocycles. The number of H-pyrrole nitrogens is 1. The van der Waals surface area contributed by atoms with E-state index < -0.39 is 6.04 Å². The first kappa shape index (κ1) is 30.4. The topological polar surface area (TPSA) is 142 Å². The number of carbonyl (C=O) groups is 3. The summed E-state index contributed by atoms with van der Waals surface area (Å²) in [5.74, 6) is -0.0470. The first-order valence-electron chi connectivity index (χ1n) is 16.8. The highest BCUT2D eigenvalue weighted by molar-refractivity contribution is 5.91. The first-order chi connectivity index (χ1) is 22.5. The van der Waals surface area contributed by atoms with Crippen LogP contribution in [0.25, 0.3) is 11.0 Å². The van der Waals surface area contributed by atoms with Gasteiger partial charge >= 0.3 is 12.1 Å². The van der Waals surface area contributed by atoms with Gasteiger partial charge in [0.05, 0.1) is 5.52 Å². The summed E-state index contributed by atoms with van der Waals surface area (Å²) in [6.07, 6.45) is 4.83. The number of anilines is 1. The molecule has 2 aromatic carbocycles. The van der Waals surface area contributed by atoms with Crippen LogP contribution in [0.4, 0.5) is 15.3 Å². The Bertz CT molecular complexity index is 1540. The summed E-state index contributed by atoms with van der Waals surface area (Å²) in [6, 6.07) is 13.3. The molecule has 3 saturated heterocycles. The number of nitrogens with zero attached hydrogens (tertiary/aromatic N) is 6. The van der Waals surface area contributed by atoms with Crippen LogP contribution >= 0.6 is 0 Å². The molecule has 1 unspecified atom stereocenters. The van der Waals surface area contributed by atoms with Gasteiger partial charge in [0.15, 0.2) is 0 Å². The largest absolute Gasteiger partial charge is 0.338 e. The molecule has 5 amide bonds. The molecule has 4 N–H and O–H groups in total. The molecule has 4 aliphatic heterocycles. The van der Waals surface area contributed by atoms with Crippen LogP contribution in [0.2, 0.25) is 0 Å². The second-order valence-corrected chi connectivity index (χ2v) is 13.0. The predicted octanol–water partition coefficient (Wildman–Crippen LogP) is 2.03. The molecule has 13 heteroatoms. The number of aromatic nitrogens is 3. The third-order valence-electron chi connectivity index (χ3n) is 10.2. The van der Waals surface area contributed by atoms with Gasteiger partial charge in [0.25, 0.3) is 0 Å². The Labute approximate surface area is 269 Å². The van der Waals surface area contributed by atoms with E-state index in [4.69, 9.17) is 0 Å². The number of nitrogens with one attached hydrogen (secondary N) is 4. The average molecular weight is 629 g/mol. The highest BCUT2D eigenvalue weighted by atomic mass is 16.2. The maximum Gasteiger partial charge on any atom is 0.322 e. The summed E-state index contributed by atoms with van der Waals surface area (Å²) in [6.45, 7) is 6.80. The summed E-state index contributed by atoms with van der Waals surface area (Å²) in [4.78, 5) is 48.9. The zero-order valence-corrected chi connectivity index (χ0v) is 26.3. The lowest BCUT2D eigenvalue weighted by atomic mass is 10.0. The maximum absolute atomic E-state index is 14.0. The van der Waals surface area contributed by atoms with Crippen LogP contribution in [0, 0.1) is 0 Å². The Kier molecular flexibility index (Phi) is 9.02. The minimum atomic E-state index is -0.699. The second-order valence-electron chi connectivity index (χ2n) is 13.0. The number of fused-ring (bicyclic) bond motifs is 2. The molecule has 13 nitrogen and oxygen atoms in total. The van der Waals surface area contributed by atoms with Crippen LogP contribution in [0.15, 0.2) is 42.5 Å². The smallest absolute Gasteiger partial charge is 0.322 e. The van der Waals surface area contributed by atoms with Crippen LogP contribution in [0.3, 0.4) is 0 Å². The number of hydrogen-bond acceptors (Lipinski definition) is 7. The highest BCUT2D eigenvalue weighted by Gasteiger charge is 2.35. The van der Waals surface area contributed by atoms with Crippen molar-refractivity contribution in [3.8, 4) is 0 Å². The summed E-state index contributed by atoms with van der Waals surface area (Å²) < 4.78 is 0. The molecule has 0 spiro atoms. The van der Waals surface area contributed by atoms with Crippen molar-refractivity contribution >= 4 is 34.7 Å². The monoisotopic (exact) mass is 628 g/mol. The molecule has 0 bridgehead atoms. The lowest BCUT2D eigenvalue weighted by molar-refractivity contribution is -0.135. The fraction of sp³-hybridized carbons (Fsp3) is 0.545. The van der Waals surface area contributed by atoms with Crippen LogP contribution in [0.5, 0.6) is 0 Å². The van der Waals surface area contributed by atoms with Crippen LogP contribution in [-0.4, -0.2) is 130 Å². The Balaban J connectivity index is 0.986. The summed E-state index contributed by atoms with van der Waals surface area (Å²) >= 11 is 0. The lowest BCUT2D eigenvalue weighted by Gasteiger charge is -2.42. The van der Waals surface area contributed by atoms with Crippen LogP contribution in [0.1, 0.15) is 36.8 Å². The Morgan fingerprint density at radius 2 is 1.67 bits per heavy atom. The van der Waals surface area contributed by atoms with E-state index in [2.05, 4.69) is 42.3 Å². The number of likely N-dealkylation sites (tertiary alicyclic amines) is 1. The molecule has 3 aromatic rings. The van der Waals surface area contributed by atoms with Gasteiger partial charge in [-0.3, -0.25) is 14.8 Å². The predicted molar refractivity (Wildman–Crippen MR) is 174 cm³/mol. The molecule has 3 fully saturated rings. The van der Waals surface area contributed by atoms with Gasteiger partial charge in [-0.05, 0) is 74.5 Å². The summed E-state index contributed by atoms with van der Waals surface area (Å²) in [5.41, 5.74) is 4.49. The SMILES string of the molecule is O=C(NC(Cc1ccc2[nH]nnc2c1)C(=O)N1CCN(C2CCNCC2)CC1)N1CCC(N2CCc3ccccc3NC2=O)CC1. The van der Waals surface area contributed by atoms with Crippen molar-refractivity contribution in [2.24, 2.45) is 0 Å². The molecule has 0 saturated carbocycles. The van der Waals surface area contributed by atoms with E-state index in [-0.39, 0.29) is 24.0 Å². The normalized spacial score (nSPS) is 21.0. The van der Waals surface area contributed by atoms with Crippen molar-refractivity contribution in [3.05, 3.63) is 53.6 Å². The number of carbonyl (C=O) groups excluding carboxylic acids is 3. The van der Waals surface area contributed by atoms with E-state index in [1.54, 1.807) is 4.90 Å². The van der Waals surface area contributed by atoms with Crippen LogP contribution in [-0.2, 0) is 17.6 Å². The van der Waals surface area contributed by atoms with Gasteiger partial charge in [0, 0.05) is 70.0 Å². The second kappa shape index (κ2) is 13.6. The number of piperidine rings is 2. The summed E-state index contributed by atoms with van der Waals surface area (Å²) in [5, 5.41) is 20.5. The van der Waals surface area contributed by atoms with E-state index in [0.29, 0.717) is 58.0 Å². The molecule has 46 heavy (non-hydrogen) atoms. The number of benzene rings is 2. The van der Waals surface area contributed by atoms with Crippen molar-refractivity contribution in [3.63, 3.8) is 0 Å². The number of rotatable bonds is 6. The molecule has 0 radical (unpaired) electrons. The lowest BCUT2D eigenvalue weighted by Crippen LogP contribution is -2.59. The molecule has 1 aromatic heterocycles. The molecule has 4 aliphatic rings. The minimum Gasteiger partial charge on any atom is -0.338 e. The fourth-order valence-electron chi connectivity index (χ4n) is 7.51. The van der Waals surface area contributed by atoms with Gasteiger partial charge in [0.2, 0.25) is 5.91 Å². The number of aromatic amines is 1. The van der Waals surface area contributed by atoms with Crippen LogP contribution < -0.4 is 16.0 Å². The molecule has 244 valence electrons. The molecular weight excluding hydrogens is 584 g/mol. The zero-order chi connectivity index (χ0) is 31.5. The fourth-order valence-corrected chi connectivity index (χ4v) is 7.51. The number of amides is 5. The van der Waals surface area contributed by atoms with Gasteiger partial charge in [0.1, 0.15) is 11.6 Å². The van der Waals surface area contributed by atoms with E-state index in [0.717, 1.165) is 73.3 Å². The number of hydrogen-bond donors (Lipinski definition) is 4. The van der Waals surface area contributed by atoms with Crippen molar-refractivity contribution in [1.29, 1.82) is 0 Å². The van der Waals surface area contributed by atoms with Crippen molar-refractivity contribution in [1.82, 2.24) is 45.6 Å². The number of urea groups is 2. The third kappa shape index (κ3) is 6.66. The van der Waals surface area contributed by atoms with Gasteiger partial charge in [-0.25, -0.2) is 9.59 Å². The van der Waals surface area contributed by atoms with Crippen molar-refractivity contribution in [2.45, 2.75) is 56.7 Å². The summed E-state index contributed by atoms with van der Waals surface area (Å²) in [7, 11) is 0. The average Bonchev–Trinajstić information content (AvgIpc) is 3.50. The molecule has 0 aliphatic carbocycles. The number of para-hydroxylation sites is 1. The van der Waals surface area contributed by atoms with E-state index in [1.165, 1.54) is 0 Å². The van der Waals surface area contributed by atoms with E-state index in [1.807, 2.05) is 46.2 Å². The minimum absolute atomic E-state index is 0.0470. The van der Waals surface area contributed by atoms with Gasteiger partial charge in [-0.2, -0.15) is 0 Å². The van der Waals surface area contributed by atoms with Crippen molar-refractivity contribution < 1.29 is 14.4 Å². The first-order valence-corrected chi connectivity index (χ1v) is 16.8. The molecular formula is C33H44N10O3. The Hall–Kier alpha value is -4.23.